The van der Waals surface area contributed by atoms with E-state index >= 15 is 0 Å². The van der Waals surface area contributed by atoms with E-state index in [9.17, 15) is 4.79 Å². The number of hydrogen-bond donors (Lipinski definition) is 2. The second-order valence-electron chi connectivity index (χ2n) is 4.40. The summed E-state index contributed by atoms with van der Waals surface area (Å²) >= 11 is 0. The molecular formula is C13H21N3O3. The van der Waals surface area contributed by atoms with E-state index in [1.54, 1.807) is 19.3 Å². The molecule has 0 fully saturated rings. The van der Waals surface area contributed by atoms with Crippen LogP contribution in [0, 0.1) is 5.92 Å². The van der Waals surface area contributed by atoms with E-state index in [0.717, 1.165) is 12.8 Å². The minimum absolute atomic E-state index is 0.313. The number of carboxylic acid groups (broad SMARTS) is 1. The number of carboxylic acids is 1. The van der Waals surface area contributed by atoms with Crippen molar-refractivity contribution in [2.75, 3.05) is 18.5 Å². The average Bonchev–Trinajstić information content (AvgIpc) is 2.41. The van der Waals surface area contributed by atoms with Crippen LogP contribution in [-0.2, 0) is 4.79 Å². The number of rotatable bonds is 9. The molecule has 19 heavy (non-hydrogen) atoms. The summed E-state index contributed by atoms with van der Waals surface area (Å²) in [5.74, 6) is 0.0872. The first-order valence-corrected chi connectivity index (χ1v) is 6.55. The van der Waals surface area contributed by atoms with Gasteiger partial charge in [-0.15, -0.1) is 0 Å². The Balaban J connectivity index is 2.30. The van der Waals surface area contributed by atoms with Crippen molar-refractivity contribution in [1.29, 1.82) is 0 Å². The van der Waals surface area contributed by atoms with E-state index in [4.69, 9.17) is 9.84 Å². The molecule has 1 rings (SSSR count). The van der Waals surface area contributed by atoms with E-state index in [0.29, 0.717) is 31.3 Å². The number of aromatic nitrogens is 2. The van der Waals surface area contributed by atoms with Crippen LogP contribution in [0.2, 0.25) is 0 Å². The molecule has 0 aliphatic heterocycles. The van der Waals surface area contributed by atoms with Gasteiger partial charge in [-0.2, -0.15) is 4.98 Å². The maximum absolute atomic E-state index is 10.6. The smallest absolute Gasteiger partial charge is 0.306 e. The summed E-state index contributed by atoms with van der Waals surface area (Å²) in [7, 11) is 0. The molecule has 1 aromatic rings. The molecule has 1 heterocycles. The Morgan fingerprint density at radius 3 is 3.00 bits per heavy atom. The second kappa shape index (κ2) is 8.29. The SMILES string of the molecule is CCCOc1cncc(NCCCC(C)C(=O)O)n1. The van der Waals surface area contributed by atoms with Crippen LogP contribution in [0.15, 0.2) is 12.4 Å². The highest BCUT2D eigenvalue weighted by atomic mass is 16.5. The molecule has 2 N–H and O–H groups in total. The van der Waals surface area contributed by atoms with Crippen LogP contribution < -0.4 is 10.1 Å². The van der Waals surface area contributed by atoms with Crippen LogP contribution in [0.4, 0.5) is 5.82 Å². The van der Waals surface area contributed by atoms with Gasteiger partial charge in [-0.1, -0.05) is 13.8 Å². The quantitative estimate of drug-likeness (QED) is 0.667. The Labute approximate surface area is 113 Å². The summed E-state index contributed by atoms with van der Waals surface area (Å²) in [6.07, 6.45) is 5.54. The van der Waals surface area contributed by atoms with Gasteiger partial charge in [-0.25, -0.2) is 0 Å². The third-order valence-electron chi connectivity index (χ3n) is 2.61. The summed E-state index contributed by atoms with van der Waals surface area (Å²) in [5, 5.41) is 11.9. The standard InChI is InChI=1S/C13H21N3O3/c1-3-7-19-12-9-14-8-11(16-12)15-6-4-5-10(2)13(17)18/h8-10H,3-7H2,1-2H3,(H,15,16)(H,17,18). The van der Waals surface area contributed by atoms with Gasteiger partial charge in [0.2, 0.25) is 5.88 Å². The molecule has 0 spiro atoms. The number of nitrogens with one attached hydrogen (secondary N) is 1. The summed E-state index contributed by atoms with van der Waals surface area (Å²) in [4.78, 5) is 18.9. The lowest BCUT2D eigenvalue weighted by Gasteiger charge is -2.09. The Morgan fingerprint density at radius 1 is 1.53 bits per heavy atom. The third-order valence-corrected chi connectivity index (χ3v) is 2.61. The van der Waals surface area contributed by atoms with Crippen molar-refractivity contribution in [3.8, 4) is 5.88 Å². The Kier molecular flexibility index (Phi) is 6.63. The average molecular weight is 267 g/mol. The van der Waals surface area contributed by atoms with E-state index < -0.39 is 5.97 Å². The van der Waals surface area contributed by atoms with Gasteiger partial charge < -0.3 is 15.2 Å². The number of carbonyl (C=O) groups is 1. The van der Waals surface area contributed by atoms with Crippen molar-refractivity contribution in [3.05, 3.63) is 12.4 Å². The Bertz CT molecular complexity index is 398. The summed E-state index contributed by atoms with van der Waals surface area (Å²) in [5.41, 5.74) is 0. The van der Waals surface area contributed by atoms with E-state index in [-0.39, 0.29) is 5.92 Å². The highest BCUT2D eigenvalue weighted by molar-refractivity contribution is 5.69. The zero-order valence-electron chi connectivity index (χ0n) is 11.4. The molecule has 1 aromatic heterocycles. The van der Waals surface area contributed by atoms with Crippen LogP contribution >= 0.6 is 0 Å². The molecule has 106 valence electrons. The van der Waals surface area contributed by atoms with Crippen LogP contribution in [0.5, 0.6) is 5.88 Å². The molecule has 0 aliphatic carbocycles. The third kappa shape index (κ3) is 6.03. The molecule has 0 aromatic carbocycles. The van der Waals surface area contributed by atoms with Crippen LogP contribution in [0.1, 0.15) is 33.1 Å². The molecule has 1 atom stereocenters. The highest BCUT2D eigenvalue weighted by Crippen LogP contribution is 2.10. The lowest BCUT2D eigenvalue weighted by Crippen LogP contribution is -2.12. The fourth-order valence-electron chi connectivity index (χ4n) is 1.46. The van der Waals surface area contributed by atoms with Crippen molar-refractivity contribution in [1.82, 2.24) is 9.97 Å². The molecule has 0 saturated carbocycles. The monoisotopic (exact) mass is 267 g/mol. The van der Waals surface area contributed by atoms with Gasteiger partial charge in [0, 0.05) is 6.54 Å². The van der Waals surface area contributed by atoms with Crippen molar-refractivity contribution in [3.63, 3.8) is 0 Å². The van der Waals surface area contributed by atoms with Gasteiger partial charge in [-0.05, 0) is 19.3 Å². The first-order valence-electron chi connectivity index (χ1n) is 6.55. The molecular weight excluding hydrogens is 246 g/mol. The minimum Gasteiger partial charge on any atom is -0.481 e. The van der Waals surface area contributed by atoms with E-state index in [1.165, 1.54) is 0 Å². The summed E-state index contributed by atoms with van der Waals surface area (Å²) < 4.78 is 5.38. The lowest BCUT2D eigenvalue weighted by molar-refractivity contribution is -0.141. The number of hydrogen-bond acceptors (Lipinski definition) is 5. The summed E-state index contributed by atoms with van der Waals surface area (Å²) in [6.45, 7) is 5.03. The van der Waals surface area contributed by atoms with Gasteiger partial charge in [0.25, 0.3) is 0 Å². The van der Waals surface area contributed by atoms with Gasteiger partial charge >= 0.3 is 5.97 Å². The van der Waals surface area contributed by atoms with Gasteiger partial charge in [-0.3, -0.25) is 9.78 Å². The highest BCUT2D eigenvalue weighted by Gasteiger charge is 2.09. The normalized spacial score (nSPS) is 11.9. The topological polar surface area (TPSA) is 84.3 Å². The molecule has 0 bridgehead atoms. The predicted molar refractivity (Wildman–Crippen MR) is 72.3 cm³/mol. The predicted octanol–water partition coefficient (Wildman–Crippen LogP) is 2.18. The van der Waals surface area contributed by atoms with Gasteiger partial charge in [0.15, 0.2) is 0 Å². The number of nitrogens with zero attached hydrogens (tertiary/aromatic N) is 2. The molecule has 6 nitrogen and oxygen atoms in total. The van der Waals surface area contributed by atoms with Crippen molar-refractivity contribution in [2.24, 2.45) is 5.92 Å². The van der Waals surface area contributed by atoms with Crippen molar-refractivity contribution < 1.29 is 14.6 Å². The van der Waals surface area contributed by atoms with Crippen LogP contribution in [-0.4, -0.2) is 34.2 Å². The van der Waals surface area contributed by atoms with Crippen LogP contribution in [0.3, 0.4) is 0 Å². The molecule has 0 saturated heterocycles. The molecule has 1 unspecified atom stereocenters. The number of ether oxygens (including phenoxy) is 1. The fraction of sp³-hybridized carbons (Fsp3) is 0.615. The minimum atomic E-state index is -0.755. The maximum atomic E-state index is 10.6. The van der Waals surface area contributed by atoms with E-state index in [2.05, 4.69) is 15.3 Å². The molecule has 0 radical (unpaired) electrons. The zero-order chi connectivity index (χ0) is 14.1. The van der Waals surface area contributed by atoms with Gasteiger partial charge in [0.05, 0.1) is 24.9 Å². The Hall–Kier alpha value is -1.85. The first kappa shape index (κ1) is 15.2. The molecule has 0 amide bonds. The van der Waals surface area contributed by atoms with Gasteiger partial charge in [0.1, 0.15) is 5.82 Å². The maximum Gasteiger partial charge on any atom is 0.306 e. The van der Waals surface area contributed by atoms with Crippen LogP contribution in [0.25, 0.3) is 0 Å². The number of aliphatic carboxylic acids is 1. The lowest BCUT2D eigenvalue weighted by atomic mass is 10.1. The number of anilines is 1. The molecule has 0 aliphatic rings. The Morgan fingerprint density at radius 2 is 2.32 bits per heavy atom. The largest absolute Gasteiger partial charge is 0.481 e. The van der Waals surface area contributed by atoms with E-state index in [1.807, 2.05) is 6.92 Å². The second-order valence-corrected chi connectivity index (χ2v) is 4.40. The zero-order valence-corrected chi connectivity index (χ0v) is 11.4. The fourth-order valence-corrected chi connectivity index (χ4v) is 1.46. The molecule has 6 heteroatoms. The van der Waals surface area contributed by atoms with Crippen molar-refractivity contribution >= 4 is 11.8 Å². The summed E-state index contributed by atoms with van der Waals surface area (Å²) in [6, 6.07) is 0. The first-order chi connectivity index (χ1) is 9.13. The van der Waals surface area contributed by atoms with Crippen molar-refractivity contribution in [2.45, 2.75) is 33.1 Å².